The number of phenolic OH excluding ortho intramolecular Hbond substituents is 1. The van der Waals surface area contributed by atoms with E-state index in [0.29, 0.717) is 23.8 Å². The fourth-order valence-electron chi connectivity index (χ4n) is 2.06. The van der Waals surface area contributed by atoms with Crippen LogP contribution in [0.2, 0.25) is 0 Å². The Bertz CT molecular complexity index is 428. The maximum atomic E-state index is 11.9. The zero-order chi connectivity index (χ0) is 13.0. The van der Waals surface area contributed by atoms with Crippen molar-refractivity contribution in [3.63, 3.8) is 0 Å². The van der Waals surface area contributed by atoms with Crippen LogP contribution in [0.15, 0.2) is 18.2 Å². The van der Waals surface area contributed by atoms with Gasteiger partial charge in [0.1, 0.15) is 0 Å². The van der Waals surface area contributed by atoms with Crippen molar-refractivity contribution in [2.45, 2.75) is 6.42 Å². The Labute approximate surface area is 106 Å². The molecule has 0 aromatic heterocycles. The van der Waals surface area contributed by atoms with E-state index in [9.17, 15) is 9.90 Å². The van der Waals surface area contributed by atoms with E-state index in [-0.39, 0.29) is 11.7 Å². The van der Waals surface area contributed by atoms with Gasteiger partial charge in [0.05, 0.1) is 7.11 Å². The van der Waals surface area contributed by atoms with Crippen LogP contribution < -0.4 is 15.4 Å². The molecule has 1 unspecified atom stereocenters. The van der Waals surface area contributed by atoms with E-state index in [2.05, 4.69) is 10.6 Å². The summed E-state index contributed by atoms with van der Waals surface area (Å²) in [5, 5.41) is 15.7. The summed E-state index contributed by atoms with van der Waals surface area (Å²) in [5.41, 5.74) is 0.444. The van der Waals surface area contributed by atoms with Crippen molar-refractivity contribution < 1.29 is 14.6 Å². The first-order valence-electron chi connectivity index (χ1n) is 6.06. The number of ether oxygens (including phenoxy) is 1. The fraction of sp³-hybridized carbons (Fsp3) is 0.462. The van der Waals surface area contributed by atoms with Crippen molar-refractivity contribution in [1.29, 1.82) is 0 Å². The first-order valence-corrected chi connectivity index (χ1v) is 6.06. The zero-order valence-electron chi connectivity index (χ0n) is 10.4. The van der Waals surface area contributed by atoms with Gasteiger partial charge in [-0.3, -0.25) is 4.79 Å². The summed E-state index contributed by atoms with van der Waals surface area (Å²) >= 11 is 0. The largest absolute Gasteiger partial charge is 0.504 e. The molecule has 5 nitrogen and oxygen atoms in total. The summed E-state index contributed by atoms with van der Waals surface area (Å²) in [6.45, 7) is 2.64. The highest BCUT2D eigenvalue weighted by Crippen LogP contribution is 2.26. The second-order valence-corrected chi connectivity index (χ2v) is 4.46. The van der Waals surface area contributed by atoms with E-state index < -0.39 is 0 Å². The van der Waals surface area contributed by atoms with Gasteiger partial charge in [-0.1, -0.05) is 0 Å². The third-order valence-electron chi connectivity index (χ3n) is 3.15. The molecule has 18 heavy (non-hydrogen) atoms. The Morgan fingerprint density at radius 3 is 3.06 bits per heavy atom. The molecule has 3 N–H and O–H groups in total. The lowest BCUT2D eigenvalue weighted by atomic mass is 10.1. The zero-order valence-corrected chi connectivity index (χ0v) is 10.4. The number of methoxy groups -OCH3 is 1. The maximum Gasteiger partial charge on any atom is 0.251 e. The maximum absolute atomic E-state index is 11.9. The lowest BCUT2D eigenvalue weighted by Gasteiger charge is -2.11. The van der Waals surface area contributed by atoms with Crippen LogP contribution >= 0.6 is 0 Å². The van der Waals surface area contributed by atoms with Crippen molar-refractivity contribution in [2.75, 3.05) is 26.7 Å². The van der Waals surface area contributed by atoms with E-state index in [1.54, 1.807) is 12.1 Å². The molecule has 1 atom stereocenters. The number of rotatable bonds is 4. The molecular formula is C13H18N2O3. The molecule has 0 spiro atoms. The normalized spacial score (nSPS) is 18.6. The number of aromatic hydroxyl groups is 1. The highest BCUT2D eigenvalue weighted by Gasteiger charge is 2.16. The van der Waals surface area contributed by atoms with Crippen molar-refractivity contribution in [3.05, 3.63) is 23.8 Å². The molecule has 1 aliphatic rings. The van der Waals surface area contributed by atoms with E-state index in [0.717, 1.165) is 19.5 Å². The number of carbonyl (C=O) groups excluding carboxylic acids is 1. The predicted octanol–water partition coefficient (Wildman–Crippen LogP) is 0.740. The van der Waals surface area contributed by atoms with Crippen LogP contribution in [-0.2, 0) is 0 Å². The third kappa shape index (κ3) is 2.92. The minimum atomic E-state index is -0.167. The van der Waals surface area contributed by atoms with Gasteiger partial charge in [-0.15, -0.1) is 0 Å². The first-order chi connectivity index (χ1) is 8.70. The standard InChI is InChI=1S/C13H18N2O3/c1-18-12-3-2-10(6-11(12)16)13(17)15-8-9-4-5-14-7-9/h2-3,6,9,14,16H,4-5,7-8H2,1H3,(H,15,17). The lowest BCUT2D eigenvalue weighted by Crippen LogP contribution is -2.30. The molecule has 1 saturated heterocycles. The van der Waals surface area contributed by atoms with E-state index >= 15 is 0 Å². The second-order valence-electron chi connectivity index (χ2n) is 4.46. The van der Waals surface area contributed by atoms with Gasteiger partial charge in [0.25, 0.3) is 5.91 Å². The van der Waals surface area contributed by atoms with Gasteiger partial charge >= 0.3 is 0 Å². The predicted molar refractivity (Wildman–Crippen MR) is 68.0 cm³/mol. The summed E-state index contributed by atoms with van der Waals surface area (Å²) in [6.07, 6.45) is 1.09. The molecule has 0 aliphatic carbocycles. The van der Waals surface area contributed by atoms with Crippen LogP contribution in [0.1, 0.15) is 16.8 Å². The van der Waals surface area contributed by atoms with Crippen molar-refractivity contribution in [2.24, 2.45) is 5.92 Å². The summed E-state index contributed by atoms with van der Waals surface area (Å²) in [6, 6.07) is 4.64. The van der Waals surface area contributed by atoms with E-state index in [1.807, 2.05) is 0 Å². The Morgan fingerprint density at radius 2 is 2.44 bits per heavy atom. The van der Waals surface area contributed by atoms with Gasteiger partial charge in [-0.2, -0.15) is 0 Å². The van der Waals surface area contributed by atoms with Crippen LogP contribution in [-0.4, -0.2) is 37.8 Å². The number of amides is 1. The molecule has 1 aromatic carbocycles. The summed E-state index contributed by atoms with van der Waals surface area (Å²) in [4.78, 5) is 11.9. The number of nitrogens with one attached hydrogen (secondary N) is 2. The minimum absolute atomic E-state index is 0.0207. The van der Waals surface area contributed by atoms with Gasteiger partial charge in [0.15, 0.2) is 11.5 Å². The monoisotopic (exact) mass is 250 g/mol. The molecule has 5 heteroatoms. The Morgan fingerprint density at radius 1 is 1.61 bits per heavy atom. The average Bonchev–Trinajstić information content (AvgIpc) is 2.89. The molecule has 98 valence electrons. The van der Waals surface area contributed by atoms with Gasteiger partial charge < -0.3 is 20.5 Å². The van der Waals surface area contributed by atoms with Crippen molar-refractivity contribution in [3.8, 4) is 11.5 Å². The lowest BCUT2D eigenvalue weighted by molar-refractivity contribution is 0.0947. The van der Waals surface area contributed by atoms with Crippen LogP contribution in [0.3, 0.4) is 0 Å². The molecule has 1 fully saturated rings. The number of carbonyl (C=O) groups is 1. The molecule has 0 saturated carbocycles. The molecule has 1 aliphatic heterocycles. The third-order valence-corrected chi connectivity index (χ3v) is 3.15. The van der Waals surface area contributed by atoms with Gasteiger partial charge in [0, 0.05) is 12.1 Å². The minimum Gasteiger partial charge on any atom is -0.504 e. The summed E-state index contributed by atoms with van der Waals surface area (Å²) < 4.78 is 4.93. The van der Waals surface area contributed by atoms with Crippen LogP contribution in [0, 0.1) is 5.92 Å². The number of benzene rings is 1. The highest BCUT2D eigenvalue weighted by molar-refractivity contribution is 5.94. The molecule has 1 amide bonds. The second kappa shape index (κ2) is 5.73. The smallest absolute Gasteiger partial charge is 0.251 e. The molecule has 2 rings (SSSR count). The van der Waals surface area contributed by atoms with E-state index in [4.69, 9.17) is 4.74 Å². The number of hydrogen-bond donors (Lipinski definition) is 3. The van der Waals surface area contributed by atoms with Crippen LogP contribution in [0.4, 0.5) is 0 Å². The van der Waals surface area contributed by atoms with Crippen molar-refractivity contribution >= 4 is 5.91 Å². The SMILES string of the molecule is COc1ccc(C(=O)NCC2CCNC2)cc1O. The topological polar surface area (TPSA) is 70.6 Å². The van der Waals surface area contributed by atoms with E-state index in [1.165, 1.54) is 13.2 Å². The van der Waals surface area contributed by atoms with Crippen molar-refractivity contribution in [1.82, 2.24) is 10.6 Å². The number of phenols is 1. The first kappa shape index (κ1) is 12.7. The average molecular weight is 250 g/mol. The molecule has 1 aromatic rings. The fourth-order valence-corrected chi connectivity index (χ4v) is 2.06. The van der Waals surface area contributed by atoms with Gasteiger partial charge in [-0.25, -0.2) is 0 Å². The molecule has 0 radical (unpaired) electrons. The molecule has 1 heterocycles. The highest BCUT2D eigenvalue weighted by atomic mass is 16.5. The molecular weight excluding hydrogens is 232 g/mol. The van der Waals surface area contributed by atoms with Crippen LogP contribution in [0.25, 0.3) is 0 Å². The molecule has 0 bridgehead atoms. The van der Waals surface area contributed by atoms with Gasteiger partial charge in [-0.05, 0) is 43.6 Å². The quantitative estimate of drug-likeness (QED) is 0.737. The Kier molecular flexibility index (Phi) is 4.04. The summed E-state index contributed by atoms with van der Waals surface area (Å²) in [7, 11) is 1.47. The summed E-state index contributed by atoms with van der Waals surface area (Å²) in [5.74, 6) is 0.680. The Balaban J connectivity index is 1.93. The van der Waals surface area contributed by atoms with Gasteiger partial charge in [0.2, 0.25) is 0 Å². The van der Waals surface area contributed by atoms with Crippen LogP contribution in [0.5, 0.6) is 11.5 Å². The Hall–Kier alpha value is -1.75. The number of hydrogen-bond acceptors (Lipinski definition) is 4.